The van der Waals surface area contributed by atoms with E-state index in [0.29, 0.717) is 12.2 Å². The molecular formula is C17H17NO5S. The first-order chi connectivity index (χ1) is 11.4. The summed E-state index contributed by atoms with van der Waals surface area (Å²) < 4.78 is 29.3. The van der Waals surface area contributed by atoms with E-state index < -0.39 is 15.7 Å². The molecule has 0 atom stereocenters. The first kappa shape index (κ1) is 16.3. The van der Waals surface area contributed by atoms with Gasteiger partial charge in [0.05, 0.1) is 22.9 Å². The average molecular weight is 347 g/mol. The highest BCUT2D eigenvalue weighted by Gasteiger charge is 2.18. The van der Waals surface area contributed by atoms with Crippen molar-refractivity contribution < 1.29 is 23.1 Å². The zero-order valence-electron chi connectivity index (χ0n) is 13.1. The summed E-state index contributed by atoms with van der Waals surface area (Å²) in [6.45, 7) is 2.13. The number of phenols is 1. The zero-order valence-corrected chi connectivity index (χ0v) is 13.9. The smallest absolute Gasteiger partial charge is 0.255 e. The predicted molar refractivity (Wildman–Crippen MR) is 89.4 cm³/mol. The van der Waals surface area contributed by atoms with Gasteiger partial charge in [0.25, 0.3) is 5.91 Å². The van der Waals surface area contributed by atoms with Crippen LogP contribution >= 0.6 is 0 Å². The largest absolute Gasteiger partial charge is 0.506 e. The molecule has 0 aliphatic carbocycles. The Morgan fingerprint density at radius 1 is 1.25 bits per heavy atom. The number of carbonyl (C=O) groups is 1. The van der Waals surface area contributed by atoms with Crippen molar-refractivity contribution in [2.24, 2.45) is 0 Å². The van der Waals surface area contributed by atoms with Crippen LogP contribution in [0.1, 0.15) is 22.8 Å². The van der Waals surface area contributed by atoms with E-state index in [9.17, 15) is 18.3 Å². The van der Waals surface area contributed by atoms with E-state index in [4.69, 9.17) is 4.74 Å². The number of carbonyl (C=O) groups excluding carboxylic acids is 1. The molecule has 1 aliphatic rings. The SMILES string of the molecule is CCS(=O)(=O)c1ccc(O)c(NC(=O)c2ccc3c(c2)CCO3)c1. The number of hydrogen-bond donors (Lipinski definition) is 2. The molecule has 2 N–H and O–H groups in total. The van der Waals surface area contributed by atoms with Crippen molar-refractivity contribution in [3.8, 4) is 11.5 Å². The summed E-state index contributed by atoms with van der Waals surface area (Å²) in [7, 11) is -3.42. The summed E-state index contributed by atoms with van der Waals surface area (Å²) in [5, 5.41) is 12.5. The number of ether oxygens (including phenoxy) is 1. The van der Waals surface area contributed by atoms with Crippen molar-refractivity contribution in [3.05, 3.63) is 47.5 Å². The Morgan fingerprint density at radius 2 is 2.04 bits per heavy atom. The lowest BCUT2D eigenvalue weighted by molar-refractivity contribution is 0.102. The van der Waals surface area contributed by atoms with Gasteiger partial charge in [0.1, 0.15) is 11.5 Å². The quantitative estimate of drug-likeness (QED) is 0.829. The van der Waals surface area contributed by atoms with Crippen molar-refractivity contribution >= 4 is 21.4 Å². The molecule has 0 aromatic heterocycles. The fraction of sp³-hybridized carbons (Fsp3) is 0.235. The Hall–Kier alpha value is -2.54. The molecule has 0 unspecified atom stereocenters. The minimum Gasteiger partial charge on any atom is -0.506 e. The second-order valence-corrected chi connectivity index (χ2v) is 7.74. The Morgan fingerprint density at radius 3 is 2.79 bits per heavy atom. The van der Waals surface area contributed by atoms with E-state index in [2.05, 4.69) is 5.32 Å². The maximum absolute atomic E-state index is 12.4. The summed E-state index contributed by atoms with van der Waals surface area (Å²) in [6, 6.07) is 8.94. The maximum Gasteiger partial charge on any atom is 0.255 e. The van der Waals surface area contributed by atoms with Crippen LogP contribution in [0.4, 0.5) is 5.69 Å². The van der Waals surface area contributed by atoms with Gasteiger partial charge < -0.3 is 15.2 Å². The number of anilines is 1. The van der Waals surface area contributed by atoms with Crippen LogP contribution in [0.5, 0.6) is 11.5 Å². The number of fused-ring (bicyclic) bond motifs is 1. The van der Waals surface area contributed by atoms with Crippen molar-refractivity contribution in [3.63, 3.8) is 0 Å². The van der Waals surface area contributed by atoms with Gasteiger partial charge in [0, 0.05) is 12.0 Å². The molecule has 126 valence electrons. The zero-order chi connectivity index (χ0) is 17.3. The van der Waals surface area contributed by atoms with Crippen molar-refractivity contribution in [1.29, 1.82) is 0 Å². The van der Waals surface area contributed by atoms with Crippen molar-refractivity contribution in [2.45, 2.75) is 18.2 Å². The Labute approximate surface area is 140 Å². The van der Waals surface area contributed by atoms with Gasteiger partial charge in [-0.2, -0.15) is 0 Å². The molecule has 2 aromatic carbocycles. The molecule has 1 aliphatic heterocycles. The average Bonchev–Trinajstić information content (AvgIpc) is 3.04. The molecule has 0 saturated carbocycles. The normalized spacial score (nSPS) is 13.2. The van der Waals surface area contributed by atoms with E-state index in [1.165, 1.54) is 25.1 Å². The van der Waals surface area contributed by atoms with E-state index in [1.807, 2.05) is 0 Å². The molecular weight excluding hydrogens is 330 g/mol. The van der Waals surface area contributed by atoms with Gasteiger partial charge >= 0.3 is 0 Å². The van der Waals surface area contributed by atoms with E-state index in [-0.39, 0.29) is 22.1 Å². The fourth-order valence-electron chi connectivity index (χ4n) is 2.50. The van der Waals surface area contributed by atoms with Crippen LogP contribution in [0, 0.1) is 0 Å². The summed E-state index contributed by atoms with van der Waals surface area (Å²) in [5.74, 6) is 0.0927. The van der Waals surface area contributed by atoms with E-state index in [0.717, 1.165) is 17.7 Å². The molecule has 3 rings (SSSR count). The molecule has 6 nitrogen and oxygen atoms in total. The van der Waals surface area contributed by atoms with Gasteiger partial charge in [-0.05, 0) is 42.0 Å². The van der Waals surface area contributed by atoms with Crippen LogP contribution in [-0.2, 0) is 16.3 Å². The standard InChI is InChI=1S/C17H17NO5S/c1-2-24(21,22)13-4-5-15(19)14(10-13)18-17(20)12-3-6-16-11(9-12)7-8-23-16/h3-6,9-10,19H,2,7-8H2,1H3,(H,18,20). The van der Waals surface area contributed by atoms with Crippen molar-refractivity contribution in [2.75, 3.05) is 17.7 Å². The summed E-state index contributed by atoms with van der Waals surface area (Å²) in [5.41, 5.74) is 1.43. The van der Waals surface area contributed by atoms with Gasteiger partial charge in [0.2, 0.25) is 0 Å². The lowest BCUT2D eigenvalue weighted by Gasteiger charge is -2.10. The van der Waals surface area contributed by atoms with Gasteiger partial charge in [-0.15, -0.1) is 0 Å². The number of aromatic hydroxyl groups is 1. The number of benzene rings is 2. The van der Waals surface area contributed by atoms with Gasteiger partial charge in [-0.25, -0.2) is 8.42 Å². The minimum absolute atomic E-state index is 0.0560. The maximum atomic E-state index is 12.4. The molecule has 0 radical (unpaired) electrons. The number of sulfone groups is 1. The van der Waals surface area contributed by atoms with Crippen LogP contribution in [0.3, 0.4) is 0 Å². The van der Waals surface area contributed by atoms with Crippen LogP contribution in [-0.4, -0.2) is 31.8 Å². The summed E-state index contributed by atoms with van der Waals surface area (Å²) in [6.07, 6.45) is 0.742. The summed E-state index contributed by atoms with van der Waals surface area (Å²) in [4.78, 5) is 12.4. The lowest BCUT2D eigenvalue weighted by atomic mass is 10.1. The molecule has 0 fully saturated rings. The molecule has 0 saturated heterocycles. The lowest BCUT2D eigenvalue weighted by Crippen LogP contribution is -2.13. The third kappa shape index (κ3) is 3.07. The fourth-order valence-corrected chi connectivity index (χ4v) is 3.40. The molecule has 2 aromatic rings. The molecule has 1 heterocycles. The Balaban J connectivity index is 1.88. The van der Waals surface area contributed by atoms with Crippen LogP contribution in [0.2, 0.25) is 0 Å². The minimum atomic E-state index is -3.42. The number of hydrogen-bond acceptors (Lipinski definition) is 5. The molecule has 0 spiro atoms. The van der Waals surface area contributed by atoms with Crippen molar-refractivity contribution in [1.82, 2.24) is 0 Å². The second-order valence-electron chi connectivity index (χ2n) is 5.46. The molecule has 0 bridgehead atoms. The molecule has 1 amide bonds. The monoisotopic (exact) mass is 347 g/mol. The van der Waals surface area contributed by atoms with Crippen LogP contribution in [0.15, 0.2) is 41.3 Å². The first-order valence-corrected chi connectivity index (χ1v) is 9.19. The third-order valence-corrected chi connectivity index (χ3v) is 5.64. The van der Waals surface area contributed by atoms with Gasteiger partial charge in [-0.3, -0.25) is 4.79 Å². The second kappa shape index (κ2) is 6.16. The topological polar surface area (TPSA) is 92.7 Å². The Bertz CT molecular complexity index is 905. The Kier molecular flexibility index (Phi) is 4.19. The number of rotatable bonds is 4. The molecule has 7 heteroatoms. The third-order valence-electron chi connectivity index (χ3n) is 3.91. The van der Waals surface area contributed by atoms with Gasteiger partial charge in [0.15, 0.2) is 9.84 Å². The highest BCUT2D eigenvalue weighted by molar-refractivity contribution is 7.91. The van der Waals surface area contributed by atoms with Gasteiger partial charge in [-0.1, -0.05) is 6.92 Å². The number of nitrogens with one attached hydrogen (secondary N) is 1. The summed E-state index contributed by atoms with van der Waals surface area (Å²) >= 11 is 0. The first-order valence-electron chi connectivity index (χ1n) is 7.53. The van der Waals surface area contributed by atoms with Crippen LogP contribution in [0.25, 0.3) is 0 Å². The number of phenolic OH excluding ortho intramolecular Hbond substituents is 1. The number of amides is 1. The highest BCUT2D eigenvalue weighted by Crippen LogP contribution is 2.29. The van der Waals surface area contributed by atoms with E-state index in [1.54, 1.807) is 18.2 Å². The predicted octanol–water partition coefficient (Wildman–Crippen LogP) is 2.37. The highest BCUT2D eigenvalue weighted by atomic mass is 32.2. The molecule has 24 heavy (non-hydrogen) atoms. The van der Waals surface area contributed by atoms with E-state index >= 15 is 0 Å². The van der Waals surface area contributed by atoms with Crippen LogP contribution < -0.4 is 10.1 Å².